The summed E-state index contributed by atoms with van der Waals surface area (Å²) in [4.78, 5) is 46.9. The Morgan fingerprint density at radius 3 is 2.47 bits per heavy atom. The van der Waals surface area contributed by atoms with Gasteiger partial charge in [-0.3, -0.25) is 19.3 Å². The predicted molar refractivity (Wildman–Crippen MR) is 128 cm³/mol. The Morgan fingerprint density at radius 1 is 1.22 bits per heavy atom. The first-order valence-electron chi connectivity index (χ1n) is 11.3. The molecule has 4 atom stereocenters. The molecule has 3 aliphatic rings. The summed E-state index contributed by atoms with van der Waals surface area (Å²) in [5, 5.41) is 33.9. The number of allylic oxidation sites excluding steroid dienone is 1. The molecule has 0 radical (unpaired) electrons. The fraction of sp³-hybridized carbons (Fsp3) is 0.417. The van der Waals surface area contributed by atoms with Crippen LogP contribution in [0.2, 0.25) is 0 Å². The molecule has 0 aliphatic heterocycles. The Hall–Kier alpha value is -3.90. The van der Waals surface area contributed by atoms with Crippen molar-refractivity contribution in [2.24, 2.45) is 17.6 Å². The van der Waals surface area contributed by atoms with Crippen molar-refractivity contribution in [1.29, 1.82) is 0 Å². The van der Waals surface area contributed by atoms with E-state index in [2.05, 4.69) is 4.98 Å². The number of aromatic nitrogens is 1. The summed E-state index contributed by atoms with van der Waals surface area (Å²) in [6, 6.07) is 0.608. The molecule has 5 rings (SSSR count). The number of nitrogens with two attached hydrogens (primary N) is 2. The van der Waals surface area contributed by atoms with Gasteiger partial charge in [-0.15, -0.1) is 0 Å². The first-order chi connectivity index (χ1) is 16.8. The minimum Gasteiger partial charge on any atom is -0.510 e. The number of aliphatic hydroxyl groups is 3. The number of rotatable bonds is 3. The van der Waals surface area contributed by atoms with Crippen molar-refractivity contribution < 1.29 is 34.1 Å². The Bertz CT molecular complexity index is 1440. The Balaban J connectivity index is 1.78. The number of carbonyl (C=O) groups is 3. The van der Waals surface area contributed by atoms with E-state index >= 15 is 0 Å². The molecule has 1 aromatic carbocycles. The maximum Gasteiger partial charge on any atom is 0.293 e. The minimum atomic E-state index is -2.64. The standard InChI is InChI=1S/C24H27N5O7/c1-28(2)12-7-11-19(36-23(26)27-11)14-9(12)5-8-6-10-16(29(3)4)18(31)15(22(25)34)21(33)24(10,35)20(32)13(8)17(14)30/h7-8,10,16,31-32,35H,5-6H2,1-4H3,(H2,25,34)(H2,26,27)/t8-,10+,16+,24-/m0/s1. The van der Waals surface area contributed by atoms with Gasteiger partial charge in [0.15, 0.2) is 17.0 Å². The molecule has 0 saturated carbocycles. The lowest BCUT2D eigenvalue weighted by atomic mass is 9.58. The van der Waals surface area contributed by atoms with E-state index in [-0.39, 0.29) is 35.6 Å². The fourth-order valence-corrected chi connectivity index (χ4v) is 6.10. The molecular weight excluding hydrogens is 470 g/mol. The van der Waals surface area contributed by atoms with Gasteiger partial charge < -0.3 is 36.1 Å². The number of fused-ring (bicyclic) bond motifs is 5. The third kappa shape index (κ3) is 2.88. The Kier molecular flexibility index (Phi) is 4.99. The molecule has 12 heteroatoms. The monoisotopic (exact) mass is 497 g/mol. The number of amides is 1. The molecule has 7 N–H and O–H groups in total. The zero-order chi connectivity index (χ0) is 26.4. The van der Waals surface area contributed by atoms with Crippen molar-refractivity contribution in [3.8, 4) is 0 Å². The number of primary amides is 1. The number of nitrogen functional groups attached to an aromatic ring is 1. The molecule has 0 unspecified atom stereocenters. The number of hydrogen-bond donors (Lipinski definition) is 5. The third-order valence-electron chi connectivity index (χ3n) is 7.58. The summed E-state index contributed by atoms with van der Waals surface area (Å²) in [5.74, 6) is -6.19. The zero-order valence-corrected chi connectivity index (χ0v) is 20.2. The lowest BCUT2D eigenvalue weighted by Gasteiger charge is -2.50. The van der Waals surface area contributed by atoms with Gasteiger partial charge in [0.2, 0.25) is 5.78 Å². The maximum atomic E-state index is 13.9. The number of aliphatic hydroxyl groups excluding tert-OH is 2. The molecule has 0 spiro atoms. The molecule has 36 heavy (non-hydrogen) atoms. The molecule has 0 saturated heterocycles. The SMILES string of the molecule is CN(C)c1cc2nc(N)oc2c2c1C[C@H]1C[C@@H]3[C@@H](N(C)C)C(O)=C(C(N)=O)C(=O)[C@@]3(O)C(O)=C1C2=O. The van der Waals surface area contributed by atoms with Gasteiger partial charge >= 0.3 is 0 Å². The van der Waals surface area contributed by atoms with Gasteiger partial charge in [0, 0.05) is 31.3 Å². The number of likely N-dealkylation sites (N-methyl/N-ethyl adjacent to an activating group) is 1. The summed E-state index contributed by atoms with van der Waals surface area (Å²) in [7, 11) is 6.83. The Labute approximate surface area is 205 Å². The van der Waals surface area contributed by atoms with Gasteiger partial charge in [0.05, 0.1) is 11.6 Å². The van der Waals surface area contributed by atoms with E-state index in [0.717, 1.165) is 0 Å². The van der Waals surface area contributed by atoms with E-state index in [9.17, 15) is 29.7 Å². The lowest BCUT2D eigenvalue weighted by Crippen LogP contribution is -2.63. The molecule has 1 amide bonds. The molecule has 0 bridgehead atoms. The van der Waals surface area contributed by atoms with Crippen molar-refractivity contribution in [3.63, 3.8) is 0 Å². The van der Waals surface area contributed by atoms with Crippen LogP contribution in [0.25, 0.3) is 11.1 Å². The third-order valence-corrected chi connectivity index (χ3v) is 7.58. The highest BCUT2D eigenvalue weighted by Crippen LogP contribution is 2.53. The number of ketones is 2. The summed E-state index contributed by atoms with van der Waals surface area (Å²) >= 11 is 0. The van der Waals surface area contributed by atoms with Gasteiger partial charge in [-0.2, -0.15) is 4.98 Å². The molecule has 3 aliphatic carbocycles. The van der Waals surface area contributed by atoms with E-state index in [1.807, 2.05) is 19.0 Å². The van der Waals surface area contributed by atoms with Crippen LogP contribution in [0.5, 0.6) is 0 Å². The van der Waals surface area contributed by atoms with Gasteiger partial charge in [0.25, 0.3) is 11.9 Å². The number of oxazole rings is 1. The lowest BCUT2D eigenvalue weighted by molar-refractivity contribution is -0.148. The number of hydrogen-bond acceptors (Lipinski definition) is 11. The summed E-state index contributed by atoms with van der Waals surface area (Å²) in [6.45, 7) is 0. The van der Waals surface area contributed by atoms with Crippen LogP contribution in [-0.4, -0.2) is 82.5 Å². The number of benzene rings is 1. The second kappa shape index (κ2) is 7.55. The van der Waals surface area contributed by atoms with Crippen LogP contribution in [0.4, 0.5) is 11.7 Å². The highest BCUT2D eigenvalue weighted by Gasteiger charge is 2.63. The highest BCUT2D eigenvalue weighted by molar-refractivity contribution is 6.25. The van der Waals surface area contributed by atoms with E-state index in [4.69, 9.17) is 15.9 Å². The second-order valence-electron chi connectivity index (χ2n) is 10.0. The topological polar surface area (TPSA) is 196 Å². The molecule has 0 fully saturated rings. The summed E-state index contributed by atoms with van der Waals surface area (Å²) in [5.41, 5.74) is 9.52. The first-order valence-corrected chi connectivity index (χ1v) is 11.3. The van der Waals surface area contributed by atoms with Gasteiger partial charge in [0.1, 0.15) is 22.6 Å². The molecular formula is C24H27N5O7. The molecule has 1 aromatic heterocycles. The van der Waals surface area contributed by atoms with E-state index < -0.39 is 58.0 Å². The predicted octanol–water partition coefficient (Wildman–Crippen LogP) is 0.204. The molecule has 12 nitrogen and oxygen atoms in total. The number of carbonyl (C=O) groups excluding carboxylic acids is 3. The fourth-order valence-electron chi connectivity index (χ4n) is 6.10. The quantitative estimate of drug-likeness (QED) is 0.363. The first kappa shape index (κ1) is 23.8. The van der Waals surface area contributed by atoms with Crippen molar-refractivity contribution in [3.05, 3.63) is 39.9 Å². The van der Waals surface area contributed by atoms with E-state index in [1.54, 1.807) is 20.2 Å². The Morgan fingerprint density at radius 2 is 1.89 bits per heavy atom. The van der Waals surface area contributed by atoms with E-state index in [0.29, 0.717) is 16.8 Å². The average Bonchev–Trinajstić information content (AvgIpc) is 3.14. The van der Waals surface area contributed by atoms with Crippen molar-refractivity contribution in [2.75, 3.05) is 38.8 Å². The van der Waals surface area contributed by atoms with E-state index in [1.165, 1.54) is 4.90 Å². The second-order valence-corrected chi connectivity index (χ2v) is 10.0. The highest BCUT2D eigenvalue weighted by atomic mass is 16.4. The van der Waals surface area contributed by atoms with Crippen LogP contribution < -0.4 is 16.4 Å². The van der Waals surface area contributed by atoms with Crippen LogP contribution in [0.1, 0.15) is 22.3 Å². The average molecular weight is 498 g/mol. The van der Waals surface area contributed by atoms with Crippen molar-refractivity contribution in [1.82, 2.24) is 9.88 Å². The summed E-state index contributed by atoms with van der Waals surface area (Å²) in [6.07, 6.45) is 0.341. The largest absolute Gasteiger partial charge is 0.510 e. The zero-order valence-electron chi connectivity index (χ0n) is 20.2. The number of Topliss-reactive ketones (excluding diaryl/α,β-unsaturated/α-hetero) is 2. The summed E-state index contributed by atoms with van der Waals surface area (Å²) < 4.78 is 5.54. The van der Waals surface area contributed by atoms with Gasteiger partial charge in [-0.25, -0.2) is 0 Å². The van der Waals surface area contributed by atoms with Crippen molar-refractivity contribution >= 4 is 40.3 Å². The molecule has 1 heterocycles. The van der Waals surface area contributed by atoms with Gasteiger partial charge in [-0.1, -0.05) is 0 Å². The van der Waals surface area contributed by atoms with Crippen LogP contribution in [0, 0.1) is 11.8 Å². The maximum absolute atomic E-state index is 13.9. The van der Waals surface area contributed by atoms with Crippen LogP contribution in [-0.2, 0) is 16.0 Å². The molecule has 2 aromatic rings. The van der Waals surface area contributed by atoms with Crippen LogP contribution in [0.15, 0.2) is 33.1 Å². The number of anilines is 2. The van der Waals surface area contributed by atoms with Crippen LogP contribution >= 0.6 is 0 Å². The van der Waals surface area contributed by atoms with Crippen molar-refractivity contribution in [2.45, 2.75) is 24.5 Å². The minimum absolute atomic E-state index is 0.0647. The molecule has 190 valence electrons. The van der Waals surface area contributed by atoms with Crippen LogP contribution in [0.3, 0.4) is 0 Å². The van der Waals surface area contributed by atoms with Gasteiger partial charge in [-0.05, 0) is 44.5 Å². The number of nitrogens with zero attached hydrogens (tertiary/aromatic N) is 3. The normalized spacial score (nSPS) is 27.9. The smallest absolute Gasteiger partial charge is 0.293 e.